The smallest absolute Gasteiger partial charge is 0.228 e. The molecule has 0 aliphatic heterocycles. The zero-order valence-electron chi connectivity index (χ0n) is 16.8. The Bertz CT molecular complexity index is 1160. The van der Waals surface area contributed by atoms with E-state index in [1.54, 1.807) is 38.2 Å². The fourth-order valence-electron chi connectivity index (χ4n) is 2.93. The number of hydrogen-bond donors (Lipinski definition) is 2. The van der Waals surface area contributed by atoms with Gasteiger partial charge in [-0.2, -0.15) is 0 Å². The van der Waals surface area contributed by atoms with Gasteiger partial charge in [0, 0.05) is 28.8 Å². The molecule has 6 nitrogen and oxygen atoms in total. The standard InChI is InChI=1S/C23H21ClN4O2/c1-14-25-13-20(30-14)16-6-10-18(11-7-16)26-22-27-19(12-21(28-22)23(2,3)29)15-4-8-17(24)9-5-15/h4-13,29H,1-3H3,(H,26,27,28). The van der Waals surface area contributed by atoms with Gasteiger partial charge in [-0.3, -0.25) is 0 Å². The van der Waals surface area contributed by atoms with Crippen molar-refractivity contribution >= 4 is 23.2 Å². The Balaban J connectivity index is 1.66. The van der Waals surface area contributed by atoms with E-state index in [0.717, 1.165) is 16.8 Å². The predicted octanol–water partition coefficient (Wildman–Crippen LogP) is 5.73. The Labute approximate surface area is 179 Å². The van der Waals surface area contributed by atoms with Crippen molar-refractivity contribution in [3.05, 3.63) is 77.4 Å². The van der Waals surface area contributed by atoms with Gasteiger partial charge in [-0.05, 0) is 56.3 Å². The number of aliphatic hydroxyl groups is 1. The zero-order chi connectivity index (χ0) is 21.3. The largest absolute Gasteiger partial charge is 0.441 e. The van der Waals surface area contributed by atoms with Crippen LogP contribution in [0.3, 0.4) is 0 Å². The molecule has 0 aliphatic carbocycles. The highest BCUT2D eigenvalue weighted by Gasteiger charge is 2.20. The fraction of sp³-hybridized carbons (Fsp3) is 0.174. The van der Waals surface area contributed by atoms with E-state index in [2.05, 4.69) is 20.3 Å². The molecule has 0 saturated heterocycles. The van der Waals surface area contributed by atoms with Gasteiger partial charge in [0.2, 0.25) is 5.95 Å². The van der Waals surface area contributed by atoms with Gasteiger partial charge >= 0.3 is 0 Å². The Morgan fingerprint density at radius 3 is 2.23 bits per heavy atom. The van der Waals surface area contributed by atoms with Crippen LogP contribution in [0.15, 0.2) is 65.2 Å². The molecule has 0 aliphatic rings. The number of rotatable bonds is 5. The summed E-state index contributed by atoms with van der Waals surface area (Å²) in [6.45, 7) is 5.20. The maximum atomic E-state index is 10.5. The first-order valence-corrected chi connectivity index (χ1v) is 9.83. The molecule has 4 rings (SSSR count). The number of nitrogens with one attached hydrogen (secondary N) is 1. The van der Waals surface area contributed by atoms with Crippen LogP contribution in [-0.4, -0.2) is 20.1 Å². The van der Waals surface area contributed by atoms with Gasteiger partial charge in [0.25, 0.3) is 0 Å². The first-order valence-electron chi connectivity index (χ1n) is 9.46. The van der Waals surface area contributed by atoms with Crippen molar-refractivity contribution in [3.8, 4) is 22.6 Å². The minimum atomic E-state index is -1.12. The maximum Gasteiger partial charge on any atom is 0.228 e. The number of nitrogens with zero attached hydrogens (tertiary/aromatic N) is 3. The number of oxazole rings is 1. The van der Waals surface area contributed by atoms with E-state index in [1.807, 2.05) is 43.3 Å². The van der Waals surface area contributed by atoms with E-state index in [0.29, 0.717) is 34.0 Å². The second-order valence-corrected chi connectivity index (χ2v) is 7.91. The Hall–Kier alpha value is -3.22. The first kappa shape index (κ1) is 20.1. The van der Waals surface area contributed by atoms with Crippen molar-refractivity contribution in [1.29, 1.82) is 0 Å². The van der Waals surface area contributed by atoms with Crippen LogP contribution in [0.2, 0.25) is 5.02 Å². The Morgan fingerprint density at radius 2 is 1.63 bits per heavy atom. The summed E-state index contributed by atoms with van der Waals surface area (Å²) in [5, 5.41) is 14.4. The Kier molecular flexibility index (Phi) is 5.28. The predicted molar refractivity (Wildman–Crippen MR) is 118 cm³/mol. The Morgan fingerprint density at radius 1 is 0.967 bits per heavy atom. The van der Waals surface area contributed by atoms with Crippen molar-refractivity contribution in [3.63, 3.8) is 0 Å². The second kappa shape index (κ2) is 7.89. The van der Waals surface area contributed by atoms with Gasteiger partial charge in [0.15, 0.2) is 11.7 Å². The molecule has 4 aromatic rings. The number of hydrogen-bond acceptors (Lipinski definition) is 6. The van der Waals surface area contributed by atoms with Crippen molar-refractivity contribution < 1.29 is 9.52 Å². The minimum Gasteiger partial charge on any atom is -0.441 e. The molecule has 0 fully saturated rings. The van der Waals surface area contributed by atoms with E-state index in [1.165, 1.54) is 0 Å². The number of anilines is 2. The molecule has 2 N–H and O–H groups in total. The van der Waals surface area contributed by atoms with Gasteiger partial charge in [-0.1, -0.05) is 23.7 Å². The number of aryl methyl sites for hydroxylation is 1. The third kappa shape index (κ3) is 4.50. The van der Waals surface area contributed by atoms with Crippen LogP contribution >= 0.6 is 11.6 Å². The lowest BCUT2D eigenvalue weighted by Crippen LogP contribution is -2.19. The van der Waals surface area contributed by atoms with Gasteiger partial charge in [0.1, 0.15) is 5.60 Å². The van der Waals surface area contributed by atoms with Crippen molar-refractivity contribution in [2.45, 2.75) is 26.4 Å². The average molecular weight is 421 g/mol. The average Bonchev–Trinajstić information content (AvgIpc) is 3.14. The lowest BCUT2D eigenvalue weighted by atomic mass is 10.0. The van der Waals surface area contributed by atoms with Gasteiger partial charge in [0.05, 0.1) is 17.6 Å². The van der Waals surface area contributed by atoms with Crippen molar-refractivity contribution in [2.24, 2.45) is 0 Å². The molecule has 2 aromatic carbocycles. The molecule has 152 valence electrons. The maximum absolute atomic E-state index is 10.5. The summed E-state index contributed by atoms with van der Waals surface area (Å²) in [6, 6.07) is 16.9. The lowest BCUT2D eigenvalue weighted by molar-refractivity contribution is 0.0739. The molecule has 0 unspecified atom stereocenters. The number of aromatic nitrogens is 3. The number of benzene rings is 2. The molecular formula is C23H21ClN4O2. The molecule has 0 atom stereocenters. The summed E-state index contributed by atoms with van der Waals surface area (Å²) in [5.74, 6) is 1.73. The zero-order valence-corrected chi connectivity index (χ0v) is 17.6. The van der Waals surface area contributed by atoms with E-state index in [-0.39, 0.29) is 0 Å². The number of halogens is 1. The van der Waals surface area contributed by atoms with E-state index in [4.69, 9.17) is 16.0 Å². The summed E-state index contributed by atoms with van der Waals surface area (Å²) in [5.41, 5.74) is 2.70. The highest BCUT2D eigenvalue weighted by atomic mass is 35.5. The van der Waals surface area contributed by atoms with E-state index >= 15 is 0 Å². The van der Waals surface area contributed by atoms with Crippen molar-refractivity contribution in [1.82, 2.24) is 15.0 Å². The normalized spacial score (nSPS) is 11.5. The van der Waals surface area contributed by atoms with Crippen LogP contribution in [-0.2, 0) is 5.60 Å². The third-order valence-corrected chi connectivity index (χ3v) is 4.79. The molecule has 0 saturated carbocycles. The molecule has 0 spiro atoms. The van der Waals surface area contributed by atoms with Crippen LogP contribution in [0.25, 0.3) is 22.6 Å². The quantitative estimate of drug-likeness (QED) is 0.428. The molecule has 0 radical (unpaired) electrons. The second-order valence-electron chi connectivity index (χ2n) is 7.47. The van der Waals surface area contributed by atoms with Gasteiger partial charge in [-0.15, -0.1) is 0 Å². The van der Waals surface area contributed by atoms with Crippen LogP contribution in [0.4, 0.5) is 11.6 Å². The molecular weight excluding hydrogens is 400 g/mol. The summed E-state index contributed by atoms with van der Waals surface area (Å²) in [4.78, 5) is 13.2. The highest BCUT2D eigenvalue weighted by Crippen LogP contribution is 2.28. The minimum absolute atomic E-state index is 0.392. The summed E-state index contributed by atoms with van der Waals surface area (Å²) < 4.78 is 5.56. The molecule has 2 aromatic heterocycles. The van der Waals surface area contributed by atoms with Crippen LogP contribution < -0.4 is 5.32 Å². The third-order valence-electron chi connectivity index (χ3n) is 4.54. The highest BCUT2D eigenvalue weighted by molar-refractivity contribution is 6.30. The van der Waals surface area contributed by atoms with Crippen molar-refractivity contribution in [2.75, 3.05) is 5.32 Å². The van der Waals surface area contributed by atoms with Crippen LogP contribution in [0, 0.1) is 6.92 Å². The molecule has 2 heterocycles. The van der Waals surface area contributed by atoms with E-state index in [9.17, 15) is 5.11 Å². The summed E-state index contributed by atoms with van der Waals surface area (Å²) in [6.07, 6.45) is 1.70. The van der Waals surface area contributed by atoms with Gasteiger partial charge in [-0.25, -0.2) is 15.0 Å². The van der Waals surface area contributed by atoms with Gasteiger partial charge < -0.3 is 14.8 Å². The van der Waals surface area contributed by atoms with Crippen LogP contribution in [0.5, 0.6) is 0 Å². The monoisotopic (exact) mass is 420 g/mol. The lowest BCUT2D eigenvalue weighted by Gasteiger charge is -2.19. The summed E-state index contributed by atoms with van der Waals surface area (Å²) in [7, 11) is 0. The molecule has 0 bridgehead atoms. The van der Waals surface area contributed by atoms with Crippen LogP contribution in [0.1, 0.15) is 25.4 Å². The van der Waals surface area contributed by atoms with E-state index < -0.39 is 5.60 Å². The first-order chi connectivity index (χ1) is 14.3. The molecule has 30 heavy (non-hydrogen) atoms. The molecule has 7 heteroatoms. The molecule has 0 amide bonds. The SMILES string of the molecule is Cc1ncc(-c2ccc(Nc3nc(-c4ccc(Cl)cc4)cc(C(C)(C)O)n3)cc2)o1. The fourth-order valence-corrected chi connectivity index (χ4v) is 3.05. The summed E-state index contributed by atoms with van der Waals surface area (Å²) >= 11 is 6.00. The topological polar surface area (TPSA) is 84.1 Å².